The molecule has 0 aliphatic heterocycles. The highest BCUT2D eigenvalue weighted by molar-refractivity contribution is 5.93. The summed E-state index contributed by atoms with van der Waals surface area (Å²) in [5, 5.41) is 15.2. The van der Waals surface area contributed by atoms with Crippen molar-refractivity contribution in [3.05, 3.63) is 35.4 Å². The molecule has 10 nitrogen and oxygen atoms in total. The number of benzene rings is 1. The van der Waals surface area contributed by atoms with Gasteiger partial charge in [-0.2, -0.15) is 0 Å². The van der Waals surface area contributed by atoms with E-state index in [1.165, 1.54) is 4.90 Å². The Kier molecular flexibility index (Phi) is 12.3. The molecule has 2 atom stereocenters. The average molecular weight is 532 g/mol. The Balaban J connectivity index is 3.55. The summed E-state index contributed by atoms with van der Waals surface area (Å²) < 4.78 is 10.2. The molecule has 0 spiro atoms. The zero-order valence-electron chi connectivity index (χ0n) is 23.4. The summed E-state index contributed by atoms with van der Waals surface area (Å²) >= 11 is 0. The van der Waals surface area contributed by atoms with Gasteiger partial charge in [-0.15, -0.1) is 6.42 Å². The van der Waals surface area contributed by atoms with Crippen LogP contribution in [0.1, 0.15) is 78.5 Å². The standard InChI is InChI=1S/C28H41N3O7/c1-9-19-14-12-13-15-20(19)23(24(34)29-17-16-22(33)37-11-3)31(28(7,8)10-2)25(35)21(18-32)30-26(36)38-27(4,5)6/h1,12-15,21,23,32H,10-11,16-18H2,2-8H3,(H,29,34)(H,30,36). The predicted octanol–water partition coefficient (Wildman–Crippen LogP) is 2.68. The highest BCUT2D eigenvalue weighted by atomic mass is 16.6. The second kappa shape index (κ2) is 14.4. The fourth-order valence-electron chi connectivity index (χ4n) is 3.63. The van der Waals surface area contributed by atoms with Gasteiger partial charge in [0.05, 0.1) is 19.6 Å². The lowest BCUT2D eigenvalue weighted by Gasteiger charge is -2.44. The number of carbonyl (C=O) groups excluding carboxylic acids is 4. The fourth-order valence-corrected chi connectivity index (χ4v) is 3.63. The van der Waals surface area contributed by atoms with Gasteiger partial charge in [-0.3, -0.25) is 14.4 Å². The van der Waals surface area contributed by atoms with Crippen molar-refractivity contribution in [1.82, 2.24) is 15.5 Å². The molecule has 210 valence electrons. The number of hydrogen-bond donors (Lipinski definition) is 3. The zero-order valence-corrected chi connectivity index (χ0v) is 23.4. The zero-order chi connectivity index (χ0) is 29.1. The van der Waals surface area contributed by atoms with Crippen LogP contribution in [0, 0.1) is 12.3 Å². The van der Waals surface area contributed by atoms with Crippen LogP contribution in [0.25, 0.3) is 0 Å². The van der Waals surface area contributed by atoms with Crippen LogP contribution in [0.15, 0.2) is 24.3 Å². The first-order chi connectivity index (χ1) is 17.7. The van der Waals surface area contributed by atoms with E-state index in [-0.39, 0.29) is 19.6 Å². The van der Waals surface area contributed by atoms with Crippen molar-refractivity contribution in [3.63, 3.8) is 0 Å². The van der Waals surface area contributed by atoms with Crippen LogP contribution in [0.3, 0.4) is 0 Å². The molecule has 0 aliphatic carbocycles. The monoisotopic (exact) mass is 531 g/mol. The predicted molar refractivity (Wildman–Crippen MR) is 143 cm³/mol. The minimum Gasteiger partial charge on any atom is -0.466 e. The van der Waals surface area contributed by atoms with Crippen LogP contribution in [0.4, 0.5) is 4.79 Å². The third-order valence-corrected chi connectivity index (χ3v) is 5.78. The van der Waals surface area contributed by atoms with E-state index in [0.717, 1.165) is 0 Å². The molecule has 0 saturated carbocycles. The number of rotatable bonds is 12. The first kappa shape index (κ1) is 32.4. The maximum absolute atomic E-state index is 14.0. The van der Waals surface area contributed by atoms with E-state index in [1.54, 1.807) is 65.8 Å². The van der Waals surface area contributed by atoms with Gasteiger partial charge < -0.3 is 30.1 Å². The van der Waals surface area contributed by atoms with Crippen LogP contribution in [0.2, 0.25) is 0 Å². The quantitative estimate of drug-likeness (QED) is 0.279. The molecule has 0 aromatic heterocycles. The van der Waals surface area contributed by atoms with E-state index in [0.29, 0.717) is 17.5 Å². The fraction of sp³-hybridized carbons (Fsp3) is 0.571. The molecule has 10 heteroatoms. The van der Waals surface area contributed by atoms with Gasteiger partial charge in [-0.05, 0) is 59.6 Å². The smallest absolute Gasteiger partial charge is 0.408 e. The molecule has 0 aliphatic rings. The van der Waals surface area contributed by atoms with Crippen molar-refractivity contribution in [2.24, 2.45) is 0 Å². The summed E-state index contributed by atoms with van der Waals surface area (Å²) in [6.45, 7) is 11.5. The molecule has 0 fully saturated rings. The summed E-state index contributed by atoms with van der Waals surface area (Å²) in [6, 6.07) is 4.07. The van der Waals surface area contributed by atoms with E-state index in [4.69, 9.17) is 15.9 Å². The summed E-state index contributed by atoms with van der Waals surface area (Å²) in [5.41, 5.74) is -0.982. The number of esters is 1. The number of hydrogen-bond acceptors (Lipinski definition) is 7. The molecule has 1 aromatic carbocycles. The number of alkyl carbamates (subject to hydrolysis) is 1. The Morgan fingerprint density at radius 2 is 1.74 bits per heavy atom. The normalized spacial score (nSPS) is 12.9. The van der Waals surface area contributed by atoms with Gasteiger partial charge in [0.2, 0.25) is 11.8 Å². The average Bonchev–Trinajstić information content (AvgIpc) is 2.84. The number of nitrogens with one attached hydrogen (secondary N) is 2. The summed E-state index contributed by atoms with van der Waals surface area (Å²) in [5.74, 6) is 0.792. The van der Waals surface area contributed by atoms with Gasteiger partial charge >= 0.3 is 12.1 Å². The molecule has 1 aromatic rings. The third-order valence-electron chi connectivity index (χ3n) is 5.78. The number of carbonyl (C=O) groups is 4. The van der Waals surface area contributed by atoms with Gasteiger partial charge in [-0.1, -0.05) is 31.0 Å². The molecule has 3 N–H and O–H groups in total. The van der Waals surface area contributed by atoms with Crippen molar-refractivity contribution in [1.29, 1.82) is 0 Å². The number of terminal acetylenes is 1. The van der Waals surface area contributed by atoms with Crippen molar-refractivity contribution in [2.45, 2.75) is 84.5 Å². The molecule has 2 unspecified atom stereocenters. The molecule has 0 bridgehead atoms. The summed E-state index contributed by atoms with van der Waals surface area (Å²) in [7, 11) is 0. The Morgan fingerprint density at radius 3 is 2.26 bits per heavy atom. The maximum atomic E-state index is 14.0. The van der Waals surface area contributed by atoms with Gasteiger partial charge in [-0.25, -0.2) is 4.79 Å². The minimum atomic E-state index is -1.40. The number of nitrogens with zero attached hydrogens (tertiary/aromatic N) is 1. The Labute approximate surface area is 225 Å². The van der Waals surface area contributed by atoms with E-state index in [9.17, 15) is 24.3 Å². The summed E-state index contributed by atoms with van der Waals surface area (Å²) in [6.07, 6.45) is 5.20. The van der Waals surface area contributed by atoms with Crippen LogP contribution >= 0.6 is 0 Å². The topological polar surface area (TPSA) is 134 Å². The largest absolute Gasteiger partial charge is 0.466 e. The van der Waals surface area contributed by atoms with Gasteiger partial charge in [0.1, 0.15) is 17.7 Å². The first-order valence-corrected chi connectivity index (χ1v) is 12.6. The Hall–Kier alpha value is -3.58. The van der Waals surface area contributed by atoms with Gasteiger partial charge in [0.15, 0.2) is 0 Å². The summed E-state index contributed by atoms with van der Waals surface area (Å²) in [4.78, 5) is 53.2. The number of aliphatic hydroxyl groups excluding tert-OH is 1. The second-order valence-electron chi connectivity index (χ2n) is 10.2. The van der Waals surface area contributed by atoms with Crippen LogP contribution in [0.5, 0.6) is 0 Å². The second-order valence-corrected chi connectivity index (χ2v) is 10.2. The number of ether oxygens (including phenoxy) is 2. The molecule has 38 heavy (non-hydrogen) atoms. The highest BCUT2D eigenvalue weighted by Gasteiger charge is 2.43. The molecule has 0 saturated heterocycles. The van der Waals surface area contributed by atoms with Crippen LogP contribution in [-0.4, -0.2) is 70.8 Å². The molecular formula is C28H41N3O7. The van der Waals surface area contributed by atoms with Crippen LogP contribution in [-0.2, 0) is 23.9 Å². The van der Waals surface area contributed by atoms with E-state index < -0.39 is 53.7 Å². The van der Waals surface area contributed by atoms with Crippen molar-refractivity contribution < 1.29 is 33.8 Å². The minimum absolute atomic E-state index is 0.0272. The molecule has 0 radical (unpaired) electrons. The lowest BCUT2D eigenvalue weighted by atomic mass is 9.90. The van der Waals surface area contributed by atoms with E-state index >= 15 is 0 Å². The first-order valence-electron chi connectivity index (χ1n) is 12.6. The Bertz CT molecular complexity index is 1020. The van der Waals surface area contributed by atoms with Gasteiger partial charge in [0.25, 0.3) is 0 Å². The maximum Gasteiger partial charge on any atom is 0.408 e. The molecule has 1 rings (SSSR count). The van der Waals surface area contributed by atoms with E-state index in [2.05, 4.69) is 16.6 Å². The lowest BCUT2D eigenvalue weighted by Crippen LogP contribution is -2.60. The highest BCUT2D eigenvalue weighted by Crippen LogP contribution is 2.33. The van der Waals surface area contributed by atoms with Gasteiger partial charge in [0, 0.05) is 17.6 Å². The molecular weight excluding hydrogens is 490 g/mol. The lowest BCUT2D eigenvalue weighted by molar-refractivity contribution is -0.150. The van der Waals surface area contributed by atoms with Crippen molar-refractivity contribution in [3.8, 4) is 12.3 Å². The molecule has 0 heterocycles. The van der Waals surface area contributed by atoms with Crippen LogP contribution < -0.4 is 10.6 Å². The number of amides is 3. The number of aliphatic hydroxyl groups is 1. The van der Waals surface area contributed by atoms with Crippen molar-refractivity contribution in [2.75, 3.05) is 19.8 Å². The van der Waals surface area contributed by atoms with E-state index in [1.807, 2.05) is 6.92 Å². The third kappa shape index (κ3) is 9.38. The SMILES string of the molecule is C#Cc1ccccc1C(C(=O)NCCC(=O)OCC)N(C(=O)C(CO)NC(=O)OC(C)(C)C)C(C)(C)CC. The Morgan fingerprint density at radius 1 is 1.11 bits per heavy atom. The molecule has 3 amide bonds. The van der Waals surface area contributed by atoms with Crippen molar-refractivity contribution >= 4 is 23.9 Å².